The van der Waals surface area contributed by atoms with Crippen LogP contribution in [0.4, 0.5) is 10.2 Å². The molecule has 0 amide bonds. The predicted molar refractivity (Wildman–Crippen MR) is 246 cm³/mol. The zero-order chi connectivity index (χ0) is 46.8. The Balaban J connectivity index is 0.000000190. The summed E-state index contributed by atoms with van der Waals surface area (Å²) < 4.78 is 55.9. The van der Waals surface area contributed by atoms with Gasteiger partial charge in [0, 0.05) is 54.1 Å². The van der Waals surface area contributed by atoms with Crippen LogP contribution in [0.1, 0.15) is 115 Å². The van der Waals surface area contributed by atoms with Gasteiger partial charge in [0.05, 0.1) is 58.5 Å². The molecule has 3 N–H and O–H groups in total. The van der Waals surface area contributed by atoms with Crippen molar-refractivity contribution in [3.63, 3.8) is 0 Å². The molecule has 5 fully saturated rings. The number of hydrogen-bond donors (Lipinski definition) is 3. The summed E-state index contributed by atoms with van der Waals surface area (Å²) in [7, 11) is 1.54. The fourth-order valence-corrected chi connectivity index (χ4v) is 8.10. The first kappa shape index (κ1) is 48.4. The number of aliphatic carboxylic acids is 2. The lowest BCUT2D eigenvalue weighted by Gasteiger charge is -2.33. The van der Waals surface area contributed by atoms with Gasteiger partial charge in [-0.15, -0.1) is 0 Å². The quantitative estimate of drug-likeness (QED) is 0.0810. The van der Waals surface area contributed by atoms with E-state index in [9.17, 15) is 19.8 Å². The Morgan fingerprint density at radius 1 is 0.788 bits per heavy atom. The summed E-state index contributed by atoms with van der Waals surface area (Å²) in [6.07, 6.45) is 13.8. The molecule has 0 atom stereocenters. The van der Waals surface area contributed by atoms with Crippen LogP contribution in [0, 0.1) is 12.7 Å². The van der Waals surface area contributed by atoms with E-state index < -0.39 is 28.9 Å². The molecule has 0 unspecified atom stereocenters. The first-order valence-corrected chi connectivity index (χ1v) is 23.5. The number of rotatable bonds is 19. The minimum atomic E-state index is -1.31. The number of pyridine rings is 2. The largest absolute Gasteiger partial charge is 0.497 e. The van der Waals surface area contributed by atoms with Gasteiger partial charge >= 0.3 is 11.9 Å². The average molecular weight is 914 g/mol. The van der Waals surface area contributed by atoms with E-state index in [0.29, 0.717) is 73.9 Å². The number of aromatic nitrogens is 2. The van der Waals surface area contributed by atoms with E-state index in [0.717, 1.165) is 84.9 Å². The van der Waals surface area contributed by atoms with E-state index in [1.54, 1.807) is 30.6 Å². The molecule has 0 bridgehead atoms. The van der Waals surface area contributed by atoms with Gasteiger partial charge in [0.1, 0.15) is 22.9 Å². The Morgan fingerprint density at radius 3 is 2.03 bits per heavy atom. The molecule has 3 heterocycles. The number of carboxylic acid groups (broad SMARTS) is 2. The van der Waals surface area contributed by atoms with Gasteiger partial charge in [0.25, 0.3) is 0 Å². The van der Waals surface area contributed by atoms with E-state index in [2.05, 4.69) is 15.3 Å². The second kappa shape index (κ2) is 21.9. The Hall–Kier alpha value is -5.51. The molecule has 4 aliphatic carbocycles. The van der Waals surface area contributed by atoms with Gasteiger partial charge in [-0.2, -0.15) is 0 Å². The highest BCUT2D eigenvalue weighted by Crippen LogP contribution is 2.42. The number of nitrogens with one attached hydrogen (secondary N) is 1. The zero-order valence-electron chi connectivity index (χ0n) is 38.8. The molecule has 5 aliphatic rings. The first-order chi connectivity index (χ1) is 32.0. The molecule has 66 heavy (non-hydrogen) atoms. The van der Waals surface area contributed by atoms with Crippen molar-refractivity contribution in [3.8, 4) is 45.4 Å². The van der Waals surface area contributed by atoms with Gasteiger partial charge in [-0.25, -0.2) is 23.9 Å². The first-order valence-electron chi connectivity index (χ1n) is 23.5. The van der Waals surface area contributed by atoms with Crippen LogP contribution in [0.3, 0.4) is 0 Å². The highest BCUT2D eigenvalue weighted by atomic mass is 19.1. The summed E-state index contributed by atoms with van der Waals surface area (Å²) >= 11 is 0. The van der Waals surface area contributed by atoms with Crippen molar-refractivity contribution in [2.75, 3.05) is 32.2 Å². The van der Waals surface area contributed by atoms with Crippen LogP contribution in [-0.4, -0.2) is 88.5 Å². The molecule has 2 aromatic carbocycles. The molecule has 0 radical (unpaired) electrons. The van der Waals surface area contributed by atoms with Gasteiger partial charge in [-0.05, 0) is 106 Å². The van der Waals surface area contributed by atoms with Crippen molar-refractivity contribution in [3.05, 3.63) is 77.4 Å². The smallest absolute Gasteiger partial charge is 0.348 e. The fraction of sp³-hybridized carbons (Fsp3) is 0.529. The lowest BCUT2D eigenvalue weighted by Crippen LogP contribution is -2.49. The number of methoxy groups -OCH3 is 1. The average Bonchev–Trinajstić information content (AvgIpc) is 4.27. The minimum absolute atomic E-state index is 0.0417. The molecular weight excluding hydrogens is 850 g/mol. The number of nitrogens with zero attached hydrogens (tertiary/aromatic N) is 2. The topological polar surface area (TPSA) is 177 Å². The molecule has 2 aromatic heterocycles. The number of benzene rings is 2. The van der Waals surface area contributed by atoms with Crippen LogP contribution in [0.15, 0.2) is 54.9 Å². The van der Waals surface area contributed by atoms with Crippen LogP contribution in [-0.2, 0) is 37.0 Å². The molecule has 1 aliphatic heterocycles. The Kier molecular flexibility index (Phi) is 16.0. The maximum absolute atomic E-state index is 15.5. The molecular formula is C51H64FN3O11. The van der Waals surface area contributed by atoms with Gasteiger partial charge in [-0.3, -0.25) is 0 Å². The number of carboxylic acids is 2. The van der Waals surface area contributed by atoms with Crippen molar-refractivity contribution in [2.24, 2.45) is 0 Å². The maximum atomic E-state index is 15.5. The van der Waals surface area contributed by atoms with Gasteiger partial charge in [0.15, 0.2) is 11.6 Å². The molecule has 1 saturated heterocycles. The number of ether oxygens (including phenoxy) is 7. The number of hydrogen-bond acceptors (Lipinski definition) is 12. The molecule has 14 nitrogen and oxygen atoms in total. The Bertz CT molecular complexity index is 2300. The lowest BCUT2D eigenvalue weighted by molar-refractivity contribution is -0.164. The summed E-state index contributed by atoms with van der Waals surface area (Å²) in [5.74, 6) is -0.106. The number of anilines is 1. The van der Waals surface area contributed by atoms with Crippen molar-refractivity contribution in [2.45, 2.75) is 147 Å². The van der Waals surface area contributed by atoms with Crippen LogP contribution in [0.5, 0.6) is 23.1 Å². The number of carbonyl (C=O) groups is 2. The van der Waals surface area contributed by atoms with E-state index in [1.165, 1.54) is 7.11 Å². The highest BCUT2D eigenvalue weighted by molar-refractivity contribution is 5.86. The number of halogens is 1. The van der Waals surface area contributed by atoms with Crippen LogP contribution < -0.4 is 24.3 Å². The zero-order valence-corrected chi connectivity index (χ0v) is 38.8. The standard InChI is InChI=1S/C25H29FN2O5.C24H29NO6.C2H6/c1-31-18-11-19(23(26)21(12-18)33-17-6-7-17)20-13-27-22(28-25(8-9-25)24(29)30)10-15(20)14-32-16-4-2-3-5-16;1-3-29-21-6-4-5-19(16(21)2)20-14-25-22(13-17(20)15-30-18-7-8-18)31-24(23(26)27)9-11-28-12-10-24;1-2/h10-13,16-17H,2-9,14H2,1H3,(H,27,28)(H,29,30);4-6,13-14,18H,3,7-12,15H2,1-2H3,(H,26,27);1-2H3. The van der Waals surface area contributed by atoms with Gasteiger partial charge < -0.3 is 48.7 Å². The van der Waals surface area contributed by atoms with Crippen molar-refractivity contribution in [1.82, 2.24) is 9.97 Å². The van der Waals surface area contributed by atoms with Crippen molar-refractivity contribution < 1.29 is 57.4 Å². The Labute approximate surface area is 386 Å². The van der Waals surface area contributed by atoms with Crippen LogP contribution in [0.25, 0.3) is 22.3 Å². The third-order valence-corrected chi connectivity index (χ3v) is 12.5. The third kappa shape index (κ3) is 11.9. The van der Waals surface area contributed by atoms with Crippen LogP contribution in [0.2, 0.25) is 0 Å². The molecule has 356 valence electrons. The predicted octanol–water partition coefficient (Wildman–Crippen LogP) is 10.1. The van der Waals surface area contributed by atoms with Gasteiger partial charge in [0.2, 0.25) is 11.5 Å². The van der Waals surface area contributed by atoms with E-state index in [4.69, 9.17) is 33.2 Å². The molecule has 0 spiro atoms. The monoisotopic (exact) mass is 913 g/mol. The molecule has 4 aromatic rings. The molecule has 9 rings (SSSR count). The summed E-state index contributed by atoms with van der Waals surface area (Å²) in [6, 6.07) is 12.7. The van der Waals surface area contributed by atoms with E-state index >= 15 is 4.39 Å². The molecule has 15 heteroatoms. The normalized spacial score (nSPS) is 18.2. The second-order valence-electron chi connectivity index (χ2n) is 17.3. The van der Waals surface area contributed by atoms with Gasteiger partial charge in [-0.1, -0.05) is 38.8 Å². The summed E-state index contributed by atoms with van der Waals surface area (Å²) in [5.41, 5.74) is 3.26. The van der Waals surface area contributed by atoms with E-state index in [1.807, 2.05) is 52.0 Å². The van der Waals surface area contributed by atoms with Crippen molar-refractivity contribution >= 4 is 17.8 Å². The SMILES string of the molecule is CC.CCOc1cccc(-c2cnc(OC3(C(=O)O)CCOCC3)cc2COC2CC2)c1C.COc1cc(OC2CC2)c(F)c(-c2cnc(NC3(C(=O)O)CC3)cc2COC2CCCC2)c1. The van der Waals surface area contributed by atoms with Crippen molar-refractivity contribution in [1.29, 1.82) is 0 Å². The third-order valence-electron chi connectivity index (χ3n) is 12.5. The fourth-order valence-electron chi connectivity index (χ4n) is 8.10. The second-order valence-corrected chi connectivity index (χ2v) is 17.3. The highest BCUT2D eigenvalue weighted by Gasteiger charge is 2.51. The Morgan fingerprint density at radius 2 is 1.42 bits per heavy atom. The maximum Gasteiger partial charge on any atom is 0.348 e. The molecule has 4 saturated carbocycles. The minimum Gasteiger partial charge on any atom is -0.497 e. The summed E-state index contributed by atoms with van der Waals surface area (Å²) in [5, 5.41) is 22.4. The lowest BCUT2D eigenvalue weighted by atomic mass is 9.94. The summed E-state index contributed by atoms with van der Waals surface area (Å²) in [4.78, 5) is 32.5. The van der Waals surface area contributed by atoms with Crippen LogP contribution >= 0.6 is 0 Å². The summed E-state index contributed by atoms with van der Waals surface area (Å²) in [6.45, 7) is 9.99. The van der Waals surface area contributed by atoms with E-state index in [-0.39, 0.29) is 37.4 Å².